The van der Waals surface area contributed by atoms with Crippen molar-refractivity contribution in [3.8, 4) is 5.75 Å². The van der Waals surface area contributed by atoms with Crippen molar-refractivity contribution in [1.29, 1.82) is 0 Å². The molecule has 0 radical (unpaired) electrons. The molecule has 2 rings (SSSR count). The van der Waals surface area contributed by atoms with Gasteiger partial charge in [0, 0.05) is 6.54 Å². The zero-order chi connectivity index (χ0) is 11.4. The molecule has 0 N–H and O–H groups in total. The van der Waals surface area contributed by atoms with E-state index in [1.54, 1.807) is 5.06 Å². The van der Waals surface area contributed by atoms with Gasteiger partial charge in [0.05, 0.1) is 7.11 Å². The number of benzene rings is 1. The number of para-hydroxylation sites is 1. The van der Waals surface area contributed by atoms with E-state index in [2.05, 4.69) is 0 Å². The van der Waals surface area contributed by atoms with Crippen molar-refractivity contribution >= 4 is 5.97 Å². The Morgan fingerprint density at radius 3 is 2.81 bits per heavy atom. The van der Waals surface area contributed by atoms with Gasteiger partial charge in [0.1, 0.15) is 11.8 Å². The molecule has 1 fully saturated rings. The second-order valence-electron chi connectivity index (χ2n) is 3.73. The number of hydrogen-bond donors (Lipinski definition) is 0. The normalized spacial score (nSPS) is 20.7. The molecule has 86 valence electrons. The molecule has 1 heterocycles. The lowest BCUT2D eigenvalue weighted by Crippen LogP contribution is -2.39. The highest BCUT2D eigenvalue weighted by atomic mass is 16.7. The van der Waals surface area contributed by atoms with Gasteiger partial charge >= 0.3 is 5.97 Å². The van der Waals surface area contributed by atoms with Crippen LogP contribution in [0.25, 0.3) is 0 Å². The van der Waals surface area contributed by atoms with Gasteiger partial charge in [-0.25, -0.2) is 0 Å². The second-order valence-corrected chi connectivity index (χ2v) is 3.73. The fourth-order valence-corrected chi connectivity index (χ4v) is 1.84. The van der Waals surface area contributed by atoms with Crippen LogP contribution in [0.3, 0.4) is 0 Å². The van der Waals surface area contributed by atoms with E-state index in [-0.39, 0.29) is 12.0 Å². The Morgan fingerprint density at radius 1 is 1.38 bits per heavy atom. The Morgan fingerprint density at radius 2 is 2.12 bits per heavy atom. The van der Waals surface area contributed by atoms with Crippen LogP contribution < -0.4 is 4.84 Å². The Bertz CT molecular complexity index is 353. The zero-order valence-electron chi connectivity index (χ0n) is 9.26. The topological polar surface area (TPSA) is 38.8 Å². The average molecular weight is 221 g/mol. The van der Waals surface area contributed by atoms with Crippen molar-refractivity contribution in [3.63, 3.8) is 0 Å². The van der Waals surface area contributed by atoms with Gasteiger partial charge in [0.2, 0.25) is 0 Å². The first-order valence-electron chi connectivity index (χ1n) is 5.39. The highest BCUT2D eigenvalue weighted by Gasteiger charge is 2.33. The molecular weight excluding hydrogens is 206 g/mol. The van der Waals surface area contributed by atoms with Gasteiger partial charge in [-0.05, 0) is 25.0 Å². The van der Waals surface area contributed by atoms with E-state index in [0.29, 0.717) is 0 Å². The Balaban J connectivity index is 2.01. The van der Waals surface area contributed by atoms with E-state index < -0.39 is 0 Å². The molecule has 0 aromatic heterocycles. The van der Waals surface area contributed by atoms with Crippen LogP contribution in [0.2, 0.25) is 0 Å². The van der Waals surface area contributed by atoms with E-state index in [1.807, 2.05) is 30.3 Å². The third-order valence-electron chi connectivity index (χ3n) is 2.64. The SMILES string of the molecule is COC(=O)C1CCCN1Oc1ccccc1. The molecular formula is C12H15NO3. The van der Waals surface area contributed by atoms with Crippen LogP contribution in [-0.2, 0) is 9.53 Å². The summed E-state index contributed by atoms with van der Waals surface area (Å²) in [4.78, 5) is 17.1. The molecule has 16 heavy (non-hydrogen) atoms. The van der Waals surface area contributed by atoms with Crippen molar-refractivity contribution in [2.75, 3.05) is 13.7 Å². The number of hydroxylamine groups is 2. The summed E-state index contributed by atoms with van der Waals surface area (Å²) >= 11 is 0. The molecule has 0 spiro atoms. The zero-order valence-corrected chi connectivity index (χ0v) is 9.26. The Kier molecular flexibility index (Phi) is 3.41. The van der Waals surface area contributed by atoms with Crippen molar-refractivity contribution in [2.24, 2.45) is 0 Å². The number of methoxy groups -OCH3 is 1. The summed E-state index contributed by atoms with van der Waals surface area (Å²) in [7, 11) is 1.40. The number of nitrogens with zero attached hydrogens (tertiary/aromatic N) is 1. The summed E-state index contributed by atoms with van der Waals surface area (Å²) in [5.74, 6) is 0.520. The first-order chi connectivity index (χ1) is 7.81. The molecule has 1 atom stereocenters. The molecule has 4 nitrogen and oxygen atoms in total. The van der Waals surface area contributed by atoms with Gasteiger partial charge in [-0.3, -0.25) is 4.79 Å². The second kappa shape index (κ2) is 4.99. The van der Waals surface area contributed by atoms with Crippen molar-refractivity contribution in [2.45, 2.75) is 18.9 Å². The first-order valence-corrected chi connectivity index (χ1v) is 5.39. The summed E-state index contributed by atoms with van der Waals surface area (Å²) in [5, 5.41) is 1.70. The number of rotatable bonds is 3. The smallest absolute Gasteiger partial charge is 0.326 e. The predicted molar refractivity (Wildman–Crippen MR) is 58.8 cm³/mol. The maximum absolute atomic E-state index is 11.5. The van der Waals surface area contributed by atoms with Crippen LogP contribution >= 0.6 is 0 Å². The fraction of sp³-hybridized carbons (Fsp3) is 0.417. The standard InChI is InChI=1S/C12H15NO3/c1-15-12(14)11-8-5-9-13(11)16-10-6-3-2-4-7-10/h2-4,6-7,11H,5,8-9H2,1H3. The third kappa shape index (κ3) is 2.33. The van der Waals surface area contributed by atoms with E-state index >= 15 is 0 Å². The predicted octanol–water partition coefficient (Wildman–Crippen LogP) is 1.62. The minimum Gasteiger partial charge on any atom is -0.468 e. The molecule has 1 unspecified atom stereocenters. The molecule has 4 heteroatoms. The Hall–Kier alpha value is -1.55. The first kappa shape index (κ1) is 11.0. The molecule has 1 aliphatic heterocycles. The number of hydrogen-bond acceptors (Lipinski definition) is 4. The number of esters is 1. The molecule has 0 aliphatic carbocycles. The molecule has 0 bridgehead atoms. The third-order valence-corrected chi connectivity index (χ3v) is 2.64. The van der Waals surface area contributed by atoms with Crippen molar-refractivity contribution < 1.29 is 14.4 Å². The lowest BCUT2D eigenvalue weighted by atomic mass is 10.2. The summed E-state index contributed by atoms with van der Waals surface area (Å²) < 4.78 is 4.74. The summed E-state index contributed by atoms with van der Waals surface area (Å²) in [6, 6.07) is 9.19. The monoisotopic (exact) mass is 221 g/mol. The van der Waals surface area contributed by atoms with Crippen LogP contribution in [0, 0.1) is 0 Å². The van der Waals surface area contributed by atoms with E-state index in [4.69, 9.17) is 9.57 Å². The van der Waals surface area contributed by atoms with Crippen LogP contribution in [0.4, 0.5) is 0 Å². The maximum atomic E-state index is 11.5. The van der Waals surface area contributed by atoms with Crippen LogP contribution in [-0.4, -0.2) is 30.7 Å². The number of carbonyl (C=O) groups is 1. The highest BCUT2D eigenvalue weighted by Crippen LogP contribution is 2.21. The lowest BCUT2D eigenvalue weighted by Gasteiger charge is -2.22. The number of ether oxygens (including phenoxy) is 1. The number of carbonyl (C=O) groups excluding carboxylic acids is 1. The van der Waals surface area contributed by atoms with Gasteiger partial charge in [0.15, 0.2) is 0 Å². The van der Waals surface area contributed by atoms with Crippen LogP contribution in [0.5, 0.6) is 5.75 Å². The van der Waals surface area contributed by atoms with Gasteiger partial charge < -0.3 is 9.57 Å². The summed E-state index contributed by atoms with van der Waals surface area (Å²) in [6.45, 7) is 0.759. The van der Waals surface area contributed by atoms with Gasteiger partial charge in [-0.2, -0.15) is 0 Å². The minimum absolute atomic E-state index is 0.228. The molecule has 0 saturated carbocycles. The van der Waals surface area contributed by atoms with Gasteiger partial charge in [-0.15, -0.1) is 5.06 Å². The van der Waals surface area contributed by atoms with Crippen molar-refractivity contribution in [3.05, 3.63) is 30.3 Å². The van der Waals surface area contributed by atoms with E-state index in [1.165, 1.54) is 7.11 Å². The summed E-state index contributed by atoms with van der Waals surface area (Å²) in [5.41, 5.74) is 0. The van der Waals surface area contributed by atoms with Gasteiger partial charge in [0.25, 0.3) is 0 Å². The Labute approximate surface area is 94.7 Å². The van der Waals surface area contributed by atoms with E-state index in [0.717, 1.165) is 25.1 Å². The van der Waals surface area contributed by atoms with Crippen LogP contribution in [0.15, 0.2) is 30.3 Å². The maximum Gasteiger partial charge on any atom is 0.326 e. The summed E-state index contributed by atoms with van der Waals surface area (Å²) in [6.07, 6.45) is 1.74. The van der Waals surface area contributed by atoms with Crippen molar-refractivity contribution in [1.82, 2.24) is 5.06 Å². The molecule has 1 aliphatic rings. The quantitative estimate of drug-likeness (QED) is 0.727. The molecule has 0 amide bonds. The molecule has 1 aromatic carbocycles. The minimum atomic E-state index is -0.273. The van der Waals surface area contributed by atoms with E-state index in [9.17, 15) is 4.79 Å². The van der Waals surface area contributed by atoms with Crippen LogP contribution in [0.1, 0.15) is 12.8 Å². The van der Waals surface area contributed by atoms with Gasteiger partial charge in [-0.1, -0.05) is 18.2 Å². The fourth-order valence-electron chi connectivity index (χ4n) is 1.84. The molecule has 1 aromatic rings. The largest absolute Gasteiger partial charge is 0.468 e. The molecule has 1 saturated heterocycles. The lowest BCUT2D eigenvalue weighted by molar-refractivity contribution is -0.158. The highest BCUT2D eigenvalue weighted by molar-refractivity contribution is 5.75. The average Bonchev–Trinajstić information content (AvgIpc) is 2.77.